The van der Waals surface area contributed by atoms with Crippen molar-refractivity contribution in [3.63, 3.8) is 0 Å². The largest absolute Gasteiger partial charge is 0.455 e. The smallest absolute Gasteiger partial charge is 0.146 e. The van der Waals surface area contributed by atoms with Crippen molar-refractivity contribution < 1.29 is 4.74 Å². The predicted octanol–water partition coefficient (Wildman–Crippen LogP) is 6.89. The molecule has 1 heterocycles. The van der Waals surface area contributed by atoms with Crippen molar-refractivity contribution in [1.29, 1.82) is 0 Å². The van der Waals surface area contributed by atoms with Crippen molar-refractivity contribution in [2.45, 2.75) is 11.8 Å². The Kier molecular flexibility index (Phi) is 3.36. The molecule has 0 atom stereocenters. The zero-order chi connectivity index (χ0) is 18.7. The molecule has 0 saturated heterocycles. The maximum absolute atomic E-state index is 6.46. The Balaban J connectivity index is 1.85. The van der Waals surface area contributed by atoms with E-state index in [1.807, 2.05) is 0 Å². The third-order valence-electron chi connectivity index (χ3n) is 6.04. The van der Waals surface area contributed by atoms with Crippen LogP contribution >= 0.6 is 15.9 Å². The molecule has 3 aliphatic rings. The van der Waals surface area contributed by atoms with Crippen LogP contribution in [0.3, 0.4) is 0 Å². The van der Waals surface area contributed by atoms with Crippen LogP contribution < -0.4 is 4.74 Å². The van der Waals surface area contributed by atoms with E-state index >= 15 is 0 Å². The molecule has 2 heteroatoms. The molecule has 0 aromatic heterocycles. The van der Waals surface area contributed by atoms with Crippen LogP contribution in [0.5, 0.6) is 5.75 Å². The van der Waals surface area contributed by atoms with E-state index in [0.29, 0.717) is 0 Å². The molecule has 0 N–H and O–H groups in total. The predicted molar refractivity (Wildman–Crippen MR) is 117 cm³/mol. The van der Waals surface area contributed by atoms with E-state index in [2.05, 4.69) is 107 Å². The van der Waals surface area contributed by atoms with Crippen molar-refractivity contribution in [2.24, 2.45) is 0 Å². The van der Waals surface area contributed by atoms with E-state index < -0.39 is 0 Å². The van der Waals surface area contributed by atoms with E-state index in [4.69, 9.17) is 4.74 Å². The zero-order valence-corrected chi connectivity index (χ0v) is 16.7. The number of hydrogen-bond donors (Lipinski definition) is 0. The fraction of sp³-hybridized carbons (Fsp3) is 0.0769. The number of fused-ring (bicyclic) bond motifs is 8. The molecule has 0 amide bonds. The van der Waals surface area contributed by atoms with Crippen molar-refractivity contribution >= 4 is 15.9 Å². The molecule has 1 nitrogen and oxygen atoms in total. The molecule has 6 rings (SSSR count). The summed E-state index contributed by atoms with van der Waals surface area (Å²) in [6.07, 6.45) is 7.54. The van der Waals surface area contributed by atoms with Gasteiger partial charge in [-0.05, 0) is 50.7 Å². The minimum absolute atomic E-state index is 0.370. The minimum atomic E-state index is -0.370. The maximum atomic E-state index is 6.46. The van der Waals surface area contributed by atoms with Crippen molar-refractivity contribution in [1.82, 2.24) is 0 Å². The standard InChI is InChI=1S/C26H17BrO/c27-23-15-7-5-14-22-25(23)28-24-16-8-6-13-21(24)26(22)19-11-3-1-9-17(19)18-10-2-4-12-20(18)26/h1-6,8-16H,7H2. The van der Waals surface area contributed by atoms with Gasteiger partial charge in [0.15, 0.2) is 0 Å². The number of rotatable bonds is 0. The molecule has 134 valence electrons. The molecule has 0 unspecified atom stereocenters. The van der Waals surface area contributed by atoms with Crippen molar-refractivity contribution in [3.05, 3.63) is 124 Å². The molecule has 0 fully saturated rings. The van der Waals surface area contributed by atoms with Crippen LogP contribution in [0.15, 0.2) is 107 Å². The fourth-order valence-corrected chi connectivity index (χ4v) is 5.47. The van der Waals surface area contributed by atoms with Crippen LogP contribution in [0.25, 0.3) is 11.1 Å². The van der Waals surface area contributed by atoms with E-state index in [0.717, 1.165) is 22.4 Å². The Labute approximate surface area is 172 Å². The summed E-state index contributed by atoms with van der Waals surface area (Å²) < 4.78 is 7.48. The van der Waals surface area contributed by atoms with Gasteiger partial charge in [0.1, 0.15) is 11.5 Å². The third-order valence-corrected chi connectivity index (χ3v) is 6.72. The van der Waals surface area contributed by atoms with Gasteiger partial charge < -0.3 is 4.74 Å². The average molecular weight is 425 g/mol. The third kappa shape index (κ3) is 1.91. The SMILES string of the molecule is BrC1=CCC=CC2=C1Oc1ccccc1C21c2ccccc2-c2ccccc21. The van der Waals surface area contributed by atoms with Gasteiger partial charge in [0.25, 0.3) is 0 Å². The van der Waals surface area contributed by atoms with Gasteiger partial charge in [0.2, 0.25) is 0 Å². The second-order valence-corrected chi connectivity index (χ2v) is 8.23. The molecular weight excluding hydrogens is 408 g/mol. The lowest BCUT2D eigenvalue weighted by Gasteiger charge is -2.40. The van der Waals surface area contributed by atoms with Gasteiger partial charge >= 0.3 is 0 Å². The van der Waals surface area contributed by atoms with Crippen molar-refractivity contribution in [2.75, 3.05) is 0 Å². The summed E-state index contributed by atoms with van der Waals surface area (Å²) in [7, 11) is 0. The molecule has 0 saturated carbocycles. The number of halogens is 1. The fourth-order valence-electron chi connectivity index (χ4n) is 4.99. The summed E-state index contributed by atoms with van der Waals surface area (Å²) >= 11 is 3.78. The Morgan fingerprint density at radius 2 is 1.36 bits per heavy atom. The molecule has 2 aliphatic carbocycles. The average Bonchev–Trinajstić information content (AvgIpc) is 2.90. The highest BCUT2D eigenvalue weighted by Crippen LogP contribution is 2.61. The minimum Gasteiger partial charge on any atom is -0.455 e. The Bertz CT molecular complexity index is 1180. The van der Waals surface area contributed by atoms with Crippen LogP contribution in [-0.2, 0) is 5.41 Å². The van der Waals surface area contributed by atoms with Gasteiger partial charge in [-0.15, -0.1) is 0 Å². The van der Waals surface area contributed by atoms with Crippen LogP contribution in [0, 0.1) is 0 Å². The molecule has 28 heavy (non-hydrogen) atoms. The van der Waals surface area contributed by atoms with Crippen molar-refractivity contribution in [3.8, 4) is 16.9 Å². The molecule has 3 aromatic rings. The molecule has 0 radical (unpaired) electrons. The number of hydrogen-bond acceptors (Lipinski definition) is 1. The molecule has 1 aliphatic heterocycles. The topological polar surface area (TPSA) is 9.23 Å². The lowest BCUT2D eigenvalue weighted by molar-refractivity contribution is 0.401. The van der Waals surface area contributed by atoms with E-state index in [1.54, 1.807) is 0 Å². The summed E-state index contributed by atoms with van der Waals surface area (Å²) in [5.74, 6) is 1.84. The van der Waals surface area contributed by atoms with Crippen LogP contribution in [0.2, 0.25) is 0 Å². The molecular formula is C26H17BrO. The second kappa shape index (κ2) is 5.83. The first-order chi connectivity index (χ1) is 13.8. The second-order valence-electron chi connectivity index (χ2n) is 7.37. The number of para-hydroxylation sites is 1. The van der Waals surface area contributed by atoms with Gasteiger partial charge in [-0.1, -0.05) is 85.0 Å². The highest BCUT2D eigenvalue weighted by Gasteiger charge is 2.51. The van der Waals surface area contributed by atoms with Gasteiger partial charge in [-0.2, -0.15) is 0 Å². The first kappa shape index (κ1) is 16.1. The maximum Gasteiger partial charge on any atom is 0.146 e. The number of ether oxygens (including phenoxy) is 1. The van der Waals surface area contributed by atoms with Crippen LogP contribution in [0.1, 0.15) is 23.1 Å². The summed E-state index contributed by atoms with van der Waals surface area (Å²) in [5.41, 5.74) is 7.30. The molecule has 1 spiro atoms. The van der Waals surface area contributed by atoms with Gasteiger partial charge in [-0.3, -0.25) is 0 Å². The Hall–Kier alpha value is -2.84. The van der Waals surface area contributed by atoms with Gasteiger partial charge in [0, 0.05) is 11.1 Å². The highest BCUT2D eigenvalue weighted by atomic mass is 79.9. The summed E-state index contributed by atoms with van der Waals surface area (Å²) in [5, 5.41) is 0. The Morgan fingerprint density at radius 3 is 2.07 bits per heavy atom. The van der Waals surface area contributed by atoms with E-state index in [1.165, 1.54) is 33.4 Å². The summed E-state index contributed by atoms with van der Waals surface area (Å²) in [4.78, 5) is 0. The highest BCUT2D eigenvalue weighted by molar-refractivity contribution is 9.11. The number of benzene rings is 3. The van der Waals surface area contributed by atoms with Gasteiger partial charge in [0.05, 0.1) is 9.90 Å². The lowest BCUT2D eigenvalue weighted by Crippen LogP contribution is -2.34. The Morgan fingerprint density at radius 1 is 0.750 bits per heavy atom. The van der Waals surface area contributed by atoms with Crippen LogP contribution in [-0.4, -0.2) is 0 Å². The van der Waals surface area contributed by atoms with E-state index in [-0.39, 0.29) is 5.41 Å². The quantitative estimate of drug-likeness (QED) is 0.381. The van der Waals surface area contributed by atoms with Gasteiger partial charge in [-0.25, -0.2) is 0 Å². The van der Waals surface area contributed by atoms with Crippen LogP contribution in [0.4, 0.5) is 0 Å². The number of allylic oxidation sites excluding steroid dienone is 5. The molecule has 0 bridgehead atoms. The summed E-state index contributed by atoms with van der Waals surface area (Å²) in [6, 6.07) is 26.1. The summed E-state index contributed by atoms with van der Waals surface area (Å²) in [6.45, 7) is 0. The lowest BCUT2D eigenvalue weighted by atomic mass is 9.65. The normalized spacial score (nSPS) is 17.8. The zero-order valence-electron chi connectivity index (χ0n) is 15.2. The monoisotopic (exact) mass is 424 g/mol. The first-order valence-corrected chi connectivity index (χ1v) is 10.3. The molecule has 3 aromatic carbocycles. The first-order valence-electron chi connectivity index (χ1n) is 9.56. The van der Waals surface area contributed by atoms with E-state index in [9.17, 15) is 0 Å².